The standard InChI is InChI=1S/C23H22N4O8/c1-13-5-3-7-16(14(13)2)25-18(28)11-24-19(29)12-35-20(30)9-10-26-22(31)15-6-4-8-17(27(33)34)21(15)23(26)32/h3-8H,9-12H2,1-2H3,(H,24,29)(H,25,28). The van der Waals surface area contributed by atoms with Gasteiger partial charge in [0, 0.05) is 18.3 Å². The lowest BCUT2D eigenvalue weighted by Gasteiger charge is -2.13. The van der Waals surface area contributed by atoms with Gasteiger partial charge in [-0.1, -0.05) is 18.2 Å². The summed E-state index contributed by atoms with van der Waals surface area (Å²) in [6.45, 7) is 2.38. The van der Waals surface area contributed by atoms with E-state index in [2.05, 4.69) is 10.6 Å². The van der Waals surface area contributed by atoms with Gasteiger partial charge in [0.1, 0.15) is 5.56 Å². The number of nitro groups is 1. The van der Waals surface area contributed by atoms with E-state index in [1.807, 2.05) is 19.9 Å². The Morgan fingerprint density at radius 1 is 1.03 bits per heavy atom. The monoisotopic (exact) mass is 482 g/mol. The van der Waals surface area contributed by atoms with Gasteiger partial charge in [-0.3, -0.25) is 39.0 Å². The first kappa shape index (κ1) is 25.0. The molecule has 182 valence electrons. The zero-order valence-corrected chi connectivity index (χ0v) is 19.0. The van der Waals surface area contributed by atoms with Gasteiger partial charge in [0.25, 0.3) is 23.4 Å². The topological polar surface area (TPSA) is 165 Å². The normalized spacial score (nSPS) is 12.2. The van der Waals surface area contributed by atoms with Crippen LogP contribution >= 0.6 is 0 Å². The van der Waals surface area contributed by atoms with E-state index in [-0.39, 0.29) is 24.2 Å². The zero-order chi connectivity index (χ0) is 25.7. The number of benzene rings is 2. The minimum atomic E-state index is -0.877. The lowest BCUT2D eigenvalue weighted by molar-refractivity contribution is -0.385. The number of carbonyl (C=O) groups is 5. The van der Waals surface area contributed by atoms with E-state index < -0.39 is 53.2 Å². The smallest absolute Gasteiger partial charge is 0.308 e. The molecule has 12 heteroatoms. The molecule has 1 heterocycles. The van der Waals surface area contributed by atoms with Crippen LogP contribution in [-0.2, 0) is 19.1 Å². The highest BCUT2D eigenvalue weighted by Crippen LogP contribution is 2.30. The van der Waals surface area contributed by atoms with Crippen molar-refractivity contribution < 1.29 is 33.6 Å². The summed E-state index contributed by atoms with van der Waals surface area (Å²) >= 11 is 0. The molecule has 35 heavy (non-hydrogen) atoms. The fourth-order valence-electron chi connectivity index (χ4n) is 3.40. The first-order valence-corrected chi connectivity index (χ1v) is 10.5. The number of nitro benzene ring substituents is 1. The molecule has 0 fully saturated rings. The number of esters is 1. The van der Waals surface area contributed by atoms with E-state index in [0.29, 0.717) is 5.69 Å². The Bertz CT molecular complexity index is 1240. The third-order valence-electron chi connectivity index (χ3n) is 5.40. The van der Waals surface area contributed by atoms with Crippen LogP contribution in [0.15, 0.2) is 36.4 Å². The molecule has 12 nitrogen and oxygen atoms in total. The van der Waals surface area contributed by atoms with E-state index in [0.717, 1.165) is 22.1 Å². The van der Waals surface area contributed by atoms with Crippen molar-refractivity contribution in [1.82, 2.24) is 10.2 Å². The molecule has 2 aromatic rings. The Kier molecular flexibility index (Phi) is 7.54. The summed E-state index contributed by atoms with van der Waals surface area (Å²) < 4.78 is 4.82. The zero-order valence-electron chi connectivity index (χ0n) is 19.0. The van der Waals surface area contributed by atoms with Crippen LogP contribution in [-0.4, -0.2) is 59.1 Å². The van der Waals surface area contributed by atoms with Crippen LogP contribution in [0.4, 0.5) is 11.4 Å². The second-order valence-corrected chi connectivity index (χ2v) is 7.70. The van der Waals surface area contributed by atoms with E-state index in [9.17, 15) is 34.1 Å². The first-order chi connectivity index (χ1) is 16.6. The molecule has 0 atom stereocenters. The van der Waals surface area contributed by atoms with Gasteiger partial charge >= 0.3 is 5.97 Å². The van der Waals surface area contributed by atoms with Gasteiger partial charge in [0.15, 0.2) is 6.61 Å². The van der Waals surface area contributed by atoms with Crippen molar-refractivity contribution in [3.63, 3.8) is 0 Å². The van der Waals surface area contributed by atoms with Crippen LogP contribution in [0.25, 0.3) is 0 Å². The van der Waals surface area contributed by atoms with Crippen molar-refractivity contribution in [1.29, 1.82) is 0 Å². The number of amides is 4. The van der Waals surface area contributed by atoms with Gasteiger partial charge < -0.3 is 15.4 Å². The summed E-state index contributed by atoms with van der Waals surface area (Å²) in [6, 6.07) is 9.13. The van der Waals surface area contributed by atoms with E-state index >= 15 is 0 Å². The summed E-state index contributed by atoms with van der Waals surface area (Å²) in [5, 5.41) is 16.1. The van der Waals surface area contributed by atoms with Crippen LogP contribution in [0, 0.1) is 24.0 Å². The molecule has 0 aliphatic carbocycles. The third-order valence-corrected chi connectivity index (χ3v) is 5.40. The van der Waals surface area contributed by atoms with Crippen molar-refractivity contribution in [3.05, 3.63) is 68.8 Å². The molecule has 4 amide bonds. The van der Waals surface area contributed by atoms with E-state index in [1.165, 1.54) is 12.1 Å². The Balaban J connectivity index is 1.43. The van der Waals surface area contributed by atoms with Crippen LogP contribution in [0.5, 0.6) is 0 Å². The number of aryl methyl sites for hydroxylation is 1. The summed E-state index contributed by atoms with van der Waals surface area (Å²) in [5.41, 5.74) is 1.58. The van der Waals surface area contributed by atoms with Gasteiger partial charge in [-0.25, -0.2) is 0 Å². The SMILES string of the molecule is Cc1cccc(NC(=O)CNC(=O)COC(=O)CCN2C(=O)c3cccc([N+](=O)[O-])c3C2=O)c1C. The molecule has 0 saturated heterocycles. The average molecular weight is 482 g/mol. The van der Waals surface area contributed by atoms with E-state index in [4.69, 9.17) is 4.74 Å². The molecule has 1 aliphatic rings. The summed E-state index contributed by atoms with van der Waals surface area (Å²) in [5.74, 6) is -3.68. The number of hydrogen-bond acceptors (Lipinski definition) is 8. The molecule has 0 unspecified atom stereocenters. The number of anilines is 1. The number of ether oxygens (including phenoxy) is 1. The Morgan fingerprint density at radius 2 is 1.74 bits per heavy atom. The van der Waals surface area contributed by atoms with Gasteiger partial charge in [0.2, 0.25) is 5.91 Å². The predicted octanol–water partition coefficient (Wildman–Crippen LogP) is 1.50. The van der Waals surface area contributed by atoms with Crippen molar-refractivity contribution in [3.8, 4) is 0 Å². The van der Waals surface area contributed by atoms with Gasteiger partial charge in [-0.15, -0.1) is 0 Å². The lowest BCUT2D eigenvalue weighted by Crippen LogP contribution is -2.36. The molecular formula is C23H22N4O8. The second-order valence-electron chi connectivity index (χ2n) is 7.70. The summed E-state index contributed by atoms with van der Waals surface area (Å²) in [7, 11) is 0. The highest BCUT2D eigenvalue weighted by Gasteiger charge is 2.40. The minimum absolute atomic E-state index is 0.115. The molecule has 0 spiro atoms. The first-order valence-electron chi connectivity index (χ1n) is 10.5. The largest absolute Gasteiger partial charge is 0.456 e. The van der Waals surface area contributed by atoms with Gasteiger partial charge in [-0.05, 0) is 37.1 Å². The van der Waals surface area contributed by atoms with Crippen LogP contribution in [0.1, 0.15) is 38.3 Å². The van der Waals surface area contributed by atoms with Crippen molar-refractivity contribution in [2.24, 2.45) is 0 Å². The number of rotatable bonds is 9. The number of fused-ring (bicyclic) bond motifs is 1. The molecule has 0 radical (unpaired) electrons. The van der Waals surface area contributed by atoms with Crippen LogP contribution in [0.2, 0.25) is 0 Å². The molecule has 2 N–H and O–H groups in total. The Morgan fingerprint density at radius 3 is 2.46 bits per heavy atom. The fraction of sp³-hybridized carbons (Fsp3) is 0.261. The highest BCUT2D eigenvalue weighted by atomic mass is 16.6. The number of nitrogens with one attached hydrogen (secondary N) is 2. The maximum absolute atomic E-state index is 12.5. The van der Waals surface area contributed by atoms with Crippen molar-refractivity contribution in [2.75, 3.05) is 25.0 Å². The lowest BCUT2D eigenvalue weighted by atomic mass is 10.1. The number of nitrogens with zero attached hydrogens (tertiary/aromatic N) is 2. The molecule has 0 bridgehead atoms. The molecule has 0 saturated carbocycles. The van der Waals surface area contributed by atoms with Crippen molar-refractivity contribution >= 4 is 41.0 Å². The van der Waals surface area contributed by atoms with E-state index in [1.54, 1.807) is 12.1 Å². The fourth-order valence-corrected chi connectivity index (χ4v) is 3.40. The Hall–Kier alpha value is -4.61. The minimum Gasteiger partial charge on any atom is -0.456 e. The molecular weight excluding hydrogens is 460 g/mol. The third kappa shape index (κ3) is 5.66. The van der Waals surface area contributed by atoms with Crippen LogP contribution in [0.3, 0.4) is 0 Å². The summed E-state index contributed by atoms with van der Waals surface area (Å²) in [4.78, 5) is 71.9. The number of hydrogen-bond donors (Lipinski definition) is 2. The highest BCUT2D eigenvalue weighted by molar-refractivity contribution is 6.23. The molecule has 3 rings (SSSR count). The molecule has 0 aromatic heterocycles. The molecule has 2 aromatic carbocycles. The maximum atomic E-state index is 12.5. The number of carbonyl (C=O) groups excluding carboxylic acids is 5. The quantitative estimate of drug-likeness (QED) is 0.235. The Labute approximate surface area is 199 Å². The van der Waals surface area contributed by atoms with Crippen molar-refractivity contribution in [2.45, 2.75) is 20.3 Å². The number of imide groups is 1. The second kappa shape index (κ2) is 10.5. The molecule has 1 aliphatic heterocycles. The maximum Gasteiger partial charge on any atom is 0.308 e. The van der Waals surface area contributed by atoms with Gasteiger partial charge in [-0.2, -0.15) is 0 Å². The average Bonchev–Trinajstić information content (AvgIpc) is 3.07. The van der Waals surface area contributed by atoms with Gasteiger partial charge in [0.05, 0.1) is 23.5 Å². The van der Waals surface area contributed by atoms with Crippen LogP contribution < -0.4 is 10.6 Å². The predicted molar refractivity (Wildman–Crippen MR) is 122 cm³/mol. The summed E-state index contributed by atoms with van der Waals surface area (Å²) in [6.07, 6.45) is -0.417.